The maximum absolute atomic E-state index is 13.2. The summed E-state index contributed by atoms with van der Waals surface area (Å²) >= 11 is 5.45. The molecule has 9 heteroatoms. The van der Waals surface area contributed by atoms with Crippen LogP contribution >= 0.6 is 12.2 Å². The number of nitro groups is 1. The van der Waals surface area contributed by atoms with Gasteiger partial charge in [0.05, 0.1) is 17.7 Å². The minimum atomic E-state index is -0.721. The third-order valence-electron chi connectivity index (χ3n) is 5.37. The van der Waals surface area contributed by atoms with Gasteiger partial charge in [-0.05, 0) is 73.8 Å². The summed E-state index contributed by atoms with van der Waals surface area (Å²) in [5, 5.41) is 20.2. The number of nitrogens with one attached hydrogen (secondary N) is 3. The molecule has 0 aromatic heterocycles. The summed E-state index contributed by atoms with van der Waals surface area (Å²) in [4.78, 5) is 23.9. The standard InChI is InChI=1S/C24H26N4O4S/c1-15-9-10-18(13-16(15)2)25-23(29)22(17-7-5-4-6-8-17)27-24(33)26-20-14-19(28(30)31)11-12-21(20)32-3/h4-5,7,9-14,22H,6,8H2,1-3H3,(H,25,29)(H2,26,27,33). The van der Waals surface area contributed by atoms with Crippen molar-refractivity contribution in [1.29, 1.82) is 0 Å². The minimum Gasteiger partial charge on any atom is -0.495 e. The van der Waals surface area contributed by atoms with Crippen LogP contribution in [0.25, 0.3) is 0 Å². The Morgan fingerprint density at radius 2 is 1.94 bits per heavy atom. The Kier molecular flexibility index (Phi) is 7.78. The highest BCUT2D eigenvalue weighted by atomic mass is 32.1. The maximum atomic E-state index is 13.2. The molecule has 1 aliphatic carbocycles. The summed E-state index contributed by atoms with van der Waals surface area (Å²) in [7, 11) is 1.46. The summed E-state index contributed by atoms with van der Waals surface area (Å²) in [5.41, 5.74) is 4.02. The minimum absolute atomic E-state index is 0.106. The second-order valence-corrected chi connectivity index (χ2v) is 8.08. The molecule has 3 N–H and O–H groups in total. The van der Waals surface area contributed by atoms with E-state index >= 15 is 0 Å². The predicted octanol–water partition coefficient (Wildman–Crippen LogP) is 4.79. The number of benzene rings is 2. The molecule has 3 rings (SSSR count). The molecule has 1 aliphatic rings. The molecule has 2 aromatic rings. The normalized spacial score (nSPS) is 13.5. The predicted molar refractivity (Wildman–Crippen MR) is 134 cm³/mol. The Balaban J connectivity index is 1.81. The Bertz CT molecular complexity index is 1140. The van der Waals surface area contributed by atoms with Crippen LogP contribution in [-0.2, 0) is 4.79 Å². The van der Waals surface area contributed by atoms with Gasteiger partial charge in [-0.2, -0.15) is 0 Å². The molecule has 0 heterocycles. The van der Waals surface area contributed by atoms with E-state index in [-0.39, 0.29) is 16.7 Å². The lowest BCUT2D eigenvalue weighted by molar-refractivity contribution is -0.384. The largest absolute Gasteiger partial charge is 0.495 e. The number of nitrogens with zero attached hydrogens (tertiary/aromatic N) is 1. The summed E-state index contributed by atoms with van der Waals surface area (Å²) in [6, 6.07) is 9.18. The van der Waals surface area contributed by atoms with Gasteiger partial charge in [0.1, 0.15) is 11.8 Å². The lowest BCUT2D eigenvalue weighted by Crippen LogP contribution is -2.46. The Morgan fingerprint density at radius 3 is 2.58 bits per heavy atom. The summed E-state index contributed by atoms with van der Waals surface area (Å²) < 4.78 is 5.28. The van der Waals surface area contributed by atoms with Gasteiger partial charge in [-0.1, -0.05) is 24.3 Å². The van der Waals surface area contributed by atoms with Crippen LogP contribution < -0.4 is 20.7 Å². The zero-order chi connectivity index (χ0) is 24.0. The van der Waals surface area contributed by atoms with Crippen LogP contribution in [-0.4, -0.2) is 29.1 Å². The van der Waals surface area contributed by atoms with Crippen molar-refractivity contribution in [2.45, 2.75) is 32.7 Å². The number of nitro benzene ring substituents is 1. The highest BCUT2D eigenvalue weighted by molar-refractivity contribution is 7.80. The summed E-state index contributed by atoms with van der Waals surface area (Å²) in [5.74, 6) is 0.135. The smallest absolute Gasteiger partial charge is 0.271 e. The van der Waals surface area contributed by atoms with Crippen molar-refractivity contribution in [1.82, 2.24) is 5.32 Å². The van der Waals surface area contributed by atoms with Crippen molar-refractivity contribution in [3.8, 4) is 5.75 Å². The number of amides is 1. The zero-order valence-electron chi connectivity index (χ0n) is 18.7. The molecule has 0 saturated heterocycles. The second-order valence-electron chi connectivity index (χ2n) is 7.67. The number of allylic oxidation sites excluding steroid dienone is 3. The average Bonchev–Trinajstić information content (AvgIpc) is 2.80. The number of ether oxygens (including phenoxy) is 1. The molecule has 1 amide bonds. The Labute approximate surface area is 197 Å². The van der Waals surface area contributed by atoms with Gasteiger partial charge in [-0.25, -0.2) is 0 Å². The number of methoxy groups -OCH3 is 1. The van der Waals surface area contributed by atoms with Gasteiger partial charge < -0.3 is 20.7 Å². The summed E-state index contributed by atoms with van der Waals surface area (Å²) in [6.45, 7) is 4.00. The third-order valence-corrected chi connectivity index (χ3v) is 5.59. The number of aryl methyl sites for hydroxylation is 2. The van der Waals surface area contributed by atoms with Crippen LogP contribution in [0.2, 0.25) is 0 Å². The van der Waals surface area contributed by atoms with E-state index in [1.807, 2.05) is 50.3 Å². The van der Waals surface area contributed by atoms with Gasteiger partial charge in [0.25, 0.3) is 11.6 Å². The number of hydrogen-bond donors (Lipinski definition) is 3. The van der Waals surface area contributed by atoms with E-state index in [0.29, 0.717) is 23.5 Å². The number of anilines is 2. The molecule has 33 heavy (non-hydrogen) atoms. The fraction of sp³-hybridized carbons (Fsp3) is 0.250. The van der Waals surface area contributed by atoms with E-state index in [1.54, 1.807) is 0 Å². The van der Waals surface area contributed by atoms with Crippen LogP contribution in [0.3, 0.4) is 0 Å². The van der Waals surface area contributed by atoms with E-state index in [1.165, 1.54) is 25.3 Å². The van der Waals surface area contributed by atoms with E-state index < -0.39 is 11.0 Å². The van der Waals surface area contributed by atoms with Gasteiger partial charge in [0.15, 0.2) is 5.11 Å². The topological polar surface area (TPSA) is 106 Å². The first-order valence-electron chi connectivity index (χ1n) is 10.4. The quantitative estimate of drug-likeness (QED) is 0.306. The Morgan fingerprint density at radius 1 is 1.15 bits per heavy atom. The molecular weight excluding hydrogens is 440 g/mol. The molecule has 172 valence electrons. The fourth-order valence-corrected chi connectivity index (χ4v) is 3.65. The van der Waals surface area contributed by atoms with Gasteiger partial charge >= 0.3 is 0 Å². The molecule has 0 fully saturated rings. The average molecular weight is 467 g/mol. The zero-order valence-corrected chi connectivity index (χ0v) is 19.5. The molecule has 2 aromatic carbocycles. The van der Waals surface area contributed by atoms with Crippen LogP contribution in [0.1, 0.15) is 24.0 Å². The number of hydrogen-bond acceptors (Lipinski definition) is 5. The molecule has 0 spiro atoms. The number of carbonyl (C=O) groups excluding carboxylic acids is 1. The third kappa shape index (κ3) is 6.17. The van der Waals surface area contributed by atoms with Gasteiger partial charge in [-0.3, -0.25) is 14.9 Å². The number of non-ortho nitro benzene ring substituents is 1. The molecule has 8 nitrogen and oxygen atoms in total. The lowest BCUT2D eigenvalue weighted by atomic mass is 9.97. The van der Waals surface area contributed by atoms with E-state index in [9.17, 15) is 14.9 Å². The van der Waals surface area contributed by atoms with E-state index in [2.05, 4.69) is 16.0 Å². The summed E-state index contributed by atoms with van der Waals surface area (Å²) in [6.07, 6.45) is 7.37. The number of rotatable bonds is 7. The first-order chi connectivity index (χ1) is 15.8. The SMILES string of the molecule is COc1ccc([N+](=O)[O-])cc1NC(=S)NC(C(=O)Nc1ccc(C)c(C)c1)C1=CC=CCC1. The van der Waals surface area contributed by atoms with Gasteiger partial charge in [-0.15, -0.1) is 0 Å². The molecule has 1 atom stereocenters. The van der Waals surface area contributed by atoms with Crippen molar-refractivity contribution in [2.75, 3.05) is 17.7 Å². The monoisotopic (exact) mass is 466 g/mol. The first-order valence-corrected chi connectivity index (χ1v) is 10.8. The number of carbonyl (C=O) groups is 1. The van der Waals surface area contributed by atoms with Gasteiger partial charge in [0.2, 0.25) is 0 Å². The lowest BCUT2D eigenvalue weighted by Gasteiger charge is -2.24. The van der Waals surface area contributed by atoms with Crippen molar-refractivity contribution < 1.29 is 14.5 Å². The van der Waals surface area contributed by atoms with Crippen molar-refractivity contribution in [3.05, 3.63) is 81.4 Å². The molecule has 0 radical (unpaired) electrons. The molecule has 0 bridgehead atoms. The van der Waals surface area contributed by atoms with Crippen molar-refractivity contribution in [3.63, 3.8) is 0 Å². The van der Waals surface area contributed by atoms with Crippen LogP contribution in [0.4, 0.5) is 17.1 Å². The van der Waals surface area contributed by atoms with Crippen LogP contribution in [0.15, 0.2) is 60.2 Å². The molecule has 1 unspecified atom stereocenters. The van der Waals surface area contributed by atoms with Crippen LogP contribution in [0.5, 0.6) is 5.75 Å². The molecular formula is C24H26N4O4S. The highest BCUT2D eigenvalue weighted by Crippen LogP contribution is 2.29. The number of thiocarbonyl (C=S) groups is 1. The molecule has 0 aliphatic heterocycles. The highest BCUT2D eigenvalue weighted by Gasteiger charge is 2.25. The van der Waals surface area contributed by atoms with E-state index in [0.717, 1.165) is 23.1 Å². The van der Waals surface area contributed by atoms with Crippen molar-refractivity contribution in [2.24, 2.45) is 0 Å². The first kappa shape index (κ1) is 23.9. The fourth-order valence-electron chi connectivity index (χ4n) is 3.42. The second kappa shape index (κ2) is 10.7. The maximum Gasteiger partial charge on any atom is 0.271 e. The Hall–Kier alpha value is -3.72. The van der Waals surface area contributed by atoms with Crippen LogP contribution in [0, 0.1) is 24.0 Å². The van der Waals surface area contributed by atoms with Gasteiger partial charge in [0, 0.05) is 17.8 Å². The van der Waals surface area contributed by atoms with Crippen molar-refractivity contribution >= 4 is 40.3 Å². The van der Waals surface area contributed by atoms with E-state index in [4.69, 9.17) is 17.0 Å². The molecule has 0 saturated carbocycles.